The Kier molecular flexibility index (Phi) is 2.53. The molecule has 0 saturated carbocycles. The van der Waals surface area contributed by atoms with E-state index >= 15 is 0 Å². The number of nitrogens with zero attached hydrogens (tertiary/aromatic N) is 2. The number of halogens is 1. The zero-order valence-electron chi connectivity index (χ0n) is 9.90. The highest BCUT2D eigenvalue weighted by Gasteiger charge is 2.15. The van der Waals surface area contributed by atoms with Crippen LogP contribution in [0, 0.1) is 6.92 Å². The largest absolute Gasteiger partial charge is 0.332 e. The van der Waals surface area contributed by atoms with E-state index in [9.17, 15) is 9.59 Å². The van der Waals surface area contributed by atoms with Crippen molar-refractivity contribution < 1.29 is 0 Å². The van der Waals surface area contributed by atoms with Crippen LogP contribution in [0.15, 0.2) is 33.9 Å². The van der Waals surface area contributed by atoms with E-state index in [4.69, 9.17) is 11.6 Å². The first-order valence-electron chi connectivity index (χ1n) is 5.54. The van der Waals surface area contributed by atoms with Gasteiger partial charge in [0.15, 0.2) is 11.2 Å². The van der Waals surface area contributed by atoms with Gasteiger partial charge in [0.1, 0.15) is 5.82 Å². The number of hydrogen-bond donors (Lipinski definition) is 2. The summed E-state index contributed by atoms with van der Waals surface area (Å²) in [5.74, 6) is 0.435. The Morgan fingerprint density at radius 1 is 1.21 bits per heavy atom. The van der Waals surface area contributed by atoms with Crippen LogP contribution in [-0.2, 0) is 0 Å². The van der Waals surface area contributed by atoms with E-state index in [2.05, 4.69) is 15.0 Å². The smallest absolute Gasteiger partial charge is 0.309 e. The molecule has 0 aliphatic heterocycles. The van der Waals surface area contributed by atoms with E-state index in [1.54, 1.807) is 31.2 Å². The molecule has 0 spiro atoms. The van der Waals surface area contributed by atoms with E-state index in [0.717, 1.165) is 0 Å². The first-order valence-corrected chi connectivity index (χ1v) is 5.92. The van der Waals surface area contributed by atoms with Crippen LogP contribution in [0.1, 0.15) is 5.82 Å². The van der Waals surface area contributed by atoms with Gasteiger partial charge in [0, 0.05) is 0 Å². The Hall–Kier alpha value is -2.34. The Bertz CT molecular complexity index is 891. The Labute approximate surface area is 111 Å². The number of rotatable bonds is 1. The number of hydrogen-bond acceptors (Lipinski definition) is 3. The van der Waals surface area contributed by atoms with E-state index in [1.165, 1.54) is 4.57 Å². The number of fused-ring (bicyclic) bond motifs is 1. The molecule has 96 valence electrons. The van der Waals surface area contributed by atoms with Crippen molar-refractivity contribution in [3.05, 3.63) is 56.0 Å². The van der Waals surface area contributed by atoms with Gasteiger partial charge in [-0.2, -0.15) is 0 Å². The molecule has 0 amide bonds. The van der Waals surface area contributed by atoms with Crippen molar-refractivity contribution in [2.45, 2.75) is 6.92 Å². The minimum Gasteiger partial charge on any atom is -0.309 e. The number of H-pyrrole nitrogens is 2. The first-order chi connectivity index (χ1) is 9.08. The molecule has 19 heavy (non-hydrogen) atoms. The molecule has 7 heteroatoms. The summed E-state index contributed by atoms with van der Waals surface area (Å²) in [5, 5.41) is 0.380. The molecule has 3 rings (SSSR count). The lowest BCUT2D eigenvalue weighted by Gasteiger charge is -2.04. The number of aromatic nitrogens is 4. The number of aryl methyl sites for hydroxylation is 1. The quantitative estimate of drug-likeness (QED) is 0.704. The van der Waals surface area contributed by atoms with Crippen LogP contribution in [0.2, 0.25) is 5.02 Å². The normalized spacial score (nSPS) is 11.1. The van der Waals surface area contributed by atoms with Gasteiger partial charge in [0.2, 0.25) is 0 Å². The fraction of sp³-hybridized carbons (Fsp3) is 0.0833. The van der Waals surface area contributed by atoms with Crippen molar-refractivity contribution in [3.63, 3.8) is 0 Å². The minimum absolute atomic E-state index is 0.156. The highest BCUT2D eigenvalue weighted by molar-refractivity contribution is 6.32. The Balaban J connectivity index is 2.50. The van der Waals surface area contributed by atoms with Crippen molar-refractivity contribution in [3.8, 4) is 5.69 Å². The summed E-state index contributed by atoms with van der Waals surface area (Å²) in [4.78, 5) is 33.2. The molecule has 1 aromatic carbocycles. The molecule has 0 saturated heterocycles. The maximum Gasteiger partial charge on any atom is 0.332 e. The molecule has 0 aliphatic carbocycles. The van der Waals surface area contributed by atoms with Crippen LogP contribution < -0.4 is 11.2 Å². The molecular weight excluding hydrogens is 268 g/mol. The maximum absolute atomic E-state index is 12.0. The Morgan fingerprint density at radius 2 is 1.95 bits per heavy atom. The topological polar surface area (TPSA) is 83.5 Å². The number of nitrogens with one attached hydrogen (secondary N) is 2. The maximum atomic E-state index is 12.0. The van der Waals surface area contributed by atoms with Crippen LogP contribution in [0.4, 0.5) is 0 Å². The minimum atomic E-state index is -0.452. The monoisotopic (exact) mass is 276 g/mol. The number of para-hydroxylation sites is 1. The van der Waals surface area contributed by atoms with Crippen molar-refractivity contribution in [1.29, 1.82) is 0 Å². The summed E-state index contributed by atoms with van der Waals surface area (Å²) in [6, 6.07) is 6.80. The molecule has 0 bridgehead atoms. The summed E-state index contributed by atoms with van der Waals surface area (Å²) >= 11 is 6.07. The van der Waals surface area contributed by atoms with Crippen LogP contribution in [0.5, 0.6) is 0 Å². The van der Waals surface area contributed by atoms with Gasteiger partial charge >= 0.3 is 5.69 Å². The van der Waals surface area contributed by atoms with Gasteiger partial charge in [-0.1, -0.05) is 23.7 Å². The van der Waals surface area contributed by atoms with Gasteiger partial charge < -0.3 is 4.98 Å². The van der Waals surface area contributed by atoms with Gasteiger partial charge in [-0.15, -0.1) is 0 Å². The average molecular weight is 277 g/mol. The zero-order chi connectivity index (χ0) is 13.6. The third-order valence-corrected chi connectivity index (χ3v) is 3.08. The van der Waals surface area contributed by atoms with E-state index in [0.29, 0.717) is 16.5 Å². The average Bonchev–Trinajstić information content (AvgIpc) is 2.66. The lowest BCUT2D eigenvalue weighted by atomic mass is 10.3. The van der Waals surface area contributed by atoms with Gasteiger partial charge in [-0.25, -0.2) is 9.78 Å². The predicted octanol–water partition coefficient (Wildman–Crippen LogP) is 1.36. The van der Waals surface area contributed by atoms with Gasteiger partial charge in [-0.05, 0) is 19.1 Å². The summed E-state index contributed by atoms with van der Waals surface area (Å²) < 4.78 is 1.23. The summed E-state index contributed by atoms with van der Waals surface area (Å²) in [5.41, 5.74) is -0.00101. The van der Waals surface area contributed by atoms with Crippen molar-refractivity contribution >= 4 is 22.8 Å². The fourth-order valence-electron chi connectivity index (χ4n) is 2.00. The highest BCUT2D eigenvalue weighted by Crippen LogP contribution is 2.20. The van der Waals surface area contributed by atoms with E-state index < -0.39 is 5.69 Å². The lowest BCUT2D eigenvalue weighted by molar-refractivity contribution is 1.00. The molecule has 2 heterocycles. The van der Waals surface area contributed by atoms with Gasteiger partial charge in [0.25, 0.3) is 5.56 Å². The van der Waals surface area contributed by atoms with Gasteiger partial charge in [-0.3, -0.25) is 14.3 Å². The fourth-order valence-corrected chi connectivity index (χ4v) is 2.22. The number of aromatic amines is 2. The molecule has 0 radical (unpaired) electrons. The standard InChI is InChI=1S/C12H9ClN4O2/c1-6-14-10-9(11(18)15-6)17(12(19)16-10)8-5-3-2-4-7(8)13/h2-5H,1H3,(H2,14,15,16,18,19). The zero-order valence-corrected chi connectivity index (χ0v) is 10.7. The number of imidazole rings is 1. The Morgan fingerprint density at radius 3 is 2.68 bits per heavy atom. The first kappa shape index (κ1) is 11.7. The third-order valence-electron chi connectivity index (χ3n) is 2.76. The second-order valence-corrected chi connectivity index (χ2v) is 4.47. The summed E-state index contributed by atoms with van der Waals surface area (Å²) in [6.45, 7) is 1.64. The highest BCUT2D eigenvalue weighted by atomic mass is 35.5. The molecule has 0 unspecified atom stereocenters. The molecule has 0 aliphatic rings. The predicted molar refractivity (Wildman–Crippen MR) is 72.1 cm³/mol. The second-order valence-electron chi connectivity index (χ2n) is 4.07. The van der Waals surface area contributed by atoms with E-state index in [1.807, 2.05) is 0 Å². The van der Waals surface area contributed by atoms with Crippen LogP contribution in [0.25, 0.3) is 16.9 Å². The molecule has 2 aromatic heterocycles. The summed E-state index contributed by atoms with van der Waals surface area (Å²) in [7, 11) is 0. The third kappa shape index (κ3) is 1.77. The molecular formula is C12H9ClN4O2. The summed E-state index contributed by atoms with van der Waals surface area (Å²) in [6.07, 6.45) is 0. The van der Waals surface area contributed by atoms with Crippen LogP contribution in [-0.4, -0.2) is 19.5 Å². The second kappa shape index (κ2) is 4.10. The molecule has 2 N–H and O–H groups in total. The van der Waals surface area contributed by atoms with E-state index in [-0.39, 0.29) is 16.7 Å². The van der Waals surface area contributed by atoms with Crippen LogP contribution >= 0.6 is 11.6 Å². The van der Waals surface area contributed by atoms with Crippen molar-refractivity contribution in [2.24, 2.45) is 0 Å². The van der Waals surface area contributed by atoms with Crippen LogP contribution in [0.3, 0.4) is 0 Å². The molecule has 6 nitrogen and oxygen atoms in total. The lowest BCUT2D eigenvalue weighted by Crippen LogP contribution is -2.19. The SMILES string of the molecule is Cc1nc2[nH]c(=O)n(-c3ccccc3Cl)c2c(=O)[nH]1. The van der Waals surface area contributed by atoms with Crippen molar-refractivity contribution in [2.75, 3.05) is 0 Å². The number of benzene rings is 1. The molecule has 0 atom stereocenters. The molecule has 0 fully saturated rings. The molecule has 3 aromatic rings. The van der Waals surface area contributed by atoms with Crippen molar-refractivity contribution in [1.82, 2.24) is 19.5 Å². The van der Waals surface area contributed by atoms with Gasteiger partial charge in [0.05, 0.1) is 10.7 Å².